The van der Waals surface area contributed by atoms with E-state index in [0.717, 1.165) is 19.3 Å². The smallest absolute Gasteiger partial charge is 0.248 e. The van der Waals surface area contributed by atoms with Crippen LogP contribution in [-0.2, 0) is 10.0 Å². The van der Waals surface area contributed by atoms with E-state index < -0.39 is 15.9 Å². The van der Waals surface area contributed by atoms with Crippen molar-refractivity contribution in [1.82, 2.24) is 4.31 Å². The van der Waals surface area contributed by atoms with Gasteiger partial charge in [0, 0.05) is 24.2 Å². The Bertz CT molecular complexity index is 628. The van der Waals surface area contributed by atoms with Gasteiger partial charge in [-0.05, 0) is 38.0 Å². The molecule has 1 heterocycles. The lowest BCUT2D eigenvalue weighted by molar-refractivity contribution is 0.1000. The van der Waals surface area contributed by atoms with Gasteiger partial charge in [-0.25, -0.2) is 8.42 Å². The highest BCUT2D eigenvalue weighted by molar-refractivity contribution is 7.89. The first kappa shape index (κ1) is 15.9. The summed E-state index contributed by atoms with van der Waals surface area (Å²) in [6, 6.07) is 5.39. The fourth-order valence-corrected chi connectivity index (χ4v) is 4.52. The van der Waals surface area contributed by atoms with E-state index in [1.807, 2.05) is 6.92 Å². The number of carbonyl (C=O) groups is 1. The fourth-order valence-electron chi connectivity index (χ4n) is 2.70. The first-order valence-corrected chi connectivity index (χ1v) is 8.45. The lowest BCUT2D eigenvalue weighted by atomic mass is 10.00. The van der Waals surface area contributed by atoms with Crippen LogP contribution in [0.4, 0.5) is 0 Å². The molecule has 1 saturated heterocycles. The summed E-state index contributed by atoms with van der Waals surface area (Å²) in [5.41, 5.74) is 11.3. The number of amides is 1. The molecule has 2 rings (SSSR count). The van der Waals surface area contributed by atoms with Crippen LogP contribution < -0.4 is 11.5 Å². The van der Waals surface area contributed by atoms with Gasteiger partial charge < -0.3 is 11.5 Å². The second-order valence-electron chi connectivity index (χ2n) is 5.43. The van der Waals surface area contributed by atoms with E-state index in [0.29, 0.717) is 6.54 Å². The SMILES string of the molecule is C[C@@H](N)[C@H]1CCCCN1S(=O)(=O)c1cccc(C(N)=O)c1. The molecule has 1 amide bonds. The molecule has 116 valence electrons. The summed E-state index contributed by atoms with van der Waals surface area (Å²) in [4.78, 5) is 11.3. The third-order valence-corrected chi connectivity index (χ3v) is 5.75. The zero-order valence-electron chi connectivity index (χ0n) is 12.0. The highest BCUT2D eigenvalue weighted by Gasteiger charge is 2.35. The summed E-state index contributed by atoms with van der Waals surface area (Å²) < 4.78 is 27.0. The molecule has 7 heteroatoms. The van der Waals surface area contributed by atoms with E-state index in [9.17, 15) is 13.2 Å². The van der Waals surface area contributed by atoms with Gasteiger partial charge in [-0.1, -0.05) is 12.5 Å². The highest BCUT2D eigenvalue weighted by Crippen LogP contribution is 2.27. The van der Waals surface area contributed by atoms with Crippen molar-refractivity contribution in [1.29, 1.82) is 0 Å². The molecule has 0 aliphatic carbocycles. The van der Waals surface area contributed by atoms with Crippen LogP contribution in [0.2, 0.25) is 0 Å². The van der Waals surface area contributed by atoms with Gasteiger partial charge in [0.05, 0.1) is 4.90 Å². The maximum absolute atomic E-state index is 12.8. The van der Waals surface area contributed by atoms with Crippen molar-refractivity contribution >= 4 is 15.9 Å². The Morgan fingerprint density at radius 1 is 1.38 bits per heavy atom. The molecule has 0 unspecified atom stereocenters. The summed E-state index contributed by atoms with van der Waals surface area (Å²) >= 11 is 0. The number of sulfonamides is 1. The van der Waals surface area contributed by atoms with Gasteiger partial charge in [-0.15, -0.1) is 0 Å². The van der Waals surface area contributed by atoms with Gasteiger partial charge in [0.25, 0.3) is 0 Å². The molecule has 1 fully saturated rings. The summed E-state index contributed by atoms with van der Waals surface area (Å²) in [6.07, 6.45) is 2.55. The van der Waals surface area contributed by atoms with Gasteiger partial charge >= 0.3 is 0 Å². The average molecular weight is 311 g/mol. The van der Waals surface area contributed by atoms with Gasteiger partial charge in [0.15, 0.2) is 0 Å². The van der Waals surface area contributed by atoms with E-state index in [-0.39, 0.29) is 22.5 Å². The Labute approximate surface area is 125 Å². The van der Waals surface area contributed by atoms with E-state index in [4.69, 9.17) is 11.5 Å². The number of hydrogen-bond donors (Lipinski definition) is 2. The predicted octanol–water partition coefficient (Wildman–Crippen LogP) is 0.676. The minimum absolute atomic E-state index is 0.0892. The van der Waals surface area contributed by atoms with Crippen molar-refractivity contribution in [2.24, 2.45) is 11.5 Å². The molecule has 0 bridgehead atoms. The van der Waals surface area contributed by atoms with Crippen molar-refractivity contribution in [2.45, 2.75) is 43.2 Å². The predicted molar refractivity (Wildman–Crippen MR) is 80.1 cm³/mol. The molecule has 21 heavy (non-hydrogen) atoms. The number of rotatable bonds is 4. The Kier molecular flexibility index (Phi) is 4.65. The van der Waals surface area contributed by atoms with Crippen molar-refractivity contribution in [2.75, 3.05) is 6.54 Å². The number of carbonyl (C=O) groups excluding carboxylic acids is 1. The van der Waals surface area contributed by atoms with Crippen molar-refractivity contribution < 1.29 is 13.2 Å². The third kappa shape index (κ3) is 3.25. The Hall–Kier alpha value is -1.44. The van der Waals surface area contributed by atoms with E-state index >= 15 is 0 Å². The van der Waals surface area contributed by atoms with E-state index in [1.165, 1.54) is 28.6 Å². The van der Waals surface area contributed by atoms with Gasteiger partial charge in [0.1, 0.15) is 0 Å². The minimum Gasteiger partial charge on any atom is -0.366 e. The summed E-state index contributed by atoms with van der Waals surface area (Å²) in [5, 5.41) is 0. The maximum Gasteiger partial charge on any atom is 0.248 e. The van der Waals surface area contributed by atoms with Crippen LogP contribution in [0.15, 0.2) is 29.2 Å². The molecular formula is C14H21N3O3S. The number of piperidine rings is 1. The van der Waals surface area contributed by atoms with Crippen LogP contribution in [0.25, 0.3) is 0 Å². The van der Waals surface area contributed by atoms with Gasteiger partial charge in [-0.2, -0.15) is 4.31 Å². The molecule has 1 aromatic rings. The zero-order chi connectivity index (χ0) is 15.6. The second-order valence-corrected chi connectivity index (χ2v) is 7.32. The lowest BCUT2D eigenvalue weighted by Crippen LogP contribution is -2.51. The molecule has 0 saturated carbocycles. The average Bonchev–Trinajstić information content (AvgIpc) is 2.47. The second kappa shape index (κ2) is 6.13. The fraction of sp³-hybridized carbons (Fsp3) is 0.500. The van der Waals surface area contributed by atoms with E-state index in [1.54, 1.807) is 0 Å². The number of hydrogen-bond acceptors (Lipinski definition) is 4. The van der Waals surface area contributed by atoms with Crippen LogP contribution in [0, 0.1) is 0 Å². The Balaban J connectivity index is 2.40. The normalized spacial score (nSPS) is 21.9. The number of nitrogens with two attached hydrogens (primary N) is 2. The molecule has 0 aromatic heterocycles. The summed E-state index contributed by atoms with van der Waals surface area (Å²) in [6.45, 7) is 2.27. The van der Waals surface area contributed by atoms with Crippen molar-refractivity contribution in [3.8, 4) is 0 Å². The quantitative estimate of drug-likeness (QED) is 0.852. The largest absolute Gasteiger partial charge is 0.366 e. The Morgan fingerprint density at radius 2 is 2.10 bits per heavy atom. The van der Waals surface area contributed by atoms with Crippen LogP contribution in [0.5, 0.6) is 0 Å². The molecule has 1 aromatic carbocycles. The van der Waals surface area contributed by atoms with Crippen LogP contribution in [-0.4, -0.2) is 37.3 Å². The molecule has 2 atom stereocenters. The number of nitrogens with zero attached hydrogens (tertiary/aromatic N) is 1. The van der Waals surface area contributed by atoms with Gasteiger partial charge in [0.2, 0.25) is 15.9 Å². The maximum atomic E-state index is 12.8. The number of primary amides is 1. The third-order valence-electron chi connectivity index (χ3n) is 3.83. The van der Waals surface area contributed by atoms with Gasteiger partial charge in [-0.3, -0.25) is 4.79 Å². The highest BCUT2D eigenvalue weighted by atomic mass is 32.2. The first-order chi connectivity index (χ1) is 9.84. The molecule has 4 N–H and O–H groups in total. The molecule has 1 aliphatic heterocycles. The Morgan fingerprint density at radius 3 is 2.71 bits per heavy atom. The van der Waals surface area contributed by atoms with E-state index in [2.05, 4.69) is 0 Å². The summed E-state index contributed by atoms with van der Waals surface area (Å²) in [5.74, 6) is -0.644. The molecular weight excluding hydrogens is 290 g/mol. The summed E-state index contributed by atoms with van der Waals surface area (Å²) in [7, 11) is -3.67. The lowest BCUT2D eigenvalue weighted by Gasteiger charge is -2.36. The molecule has 6 nitrogen and oxygen atoms in total. The van der Waals surface area contributed by atoms with Crippen LogP contribution in [0.1, 0.15) is 36.5 Å². The van der Waals surface area contributed by atoms with Crippen molar-refractivity contribution in [3.05, 3.63) is 29.8 Å². The first-order valence-electron chi connectivity index (χ1n) is 7.01. The topological polar surface area (TPSA) is 106 Å². The monoisotopic (exact) mass is 311 g/mol. The standard InChI is InChI=1S/C14H21N3O3S/c1-10(15)13-7-2-3-8-17(13)21(19,20)12-6-4-5-11(9-12)14(16)18/h4-6,9-10,13H,2-3,7-8,15H2,1H3,(H2,16,18)/t10-,13-/m1/s1. The molecule has 0 spiro atoms. The molecule has 1 aliphatic rings. The molecule has 0 radical (unpaired) electrons. The van der Waals surface area contributed by atoms with Crippen molar-refractivity contribution in [3.63, 3.8) is 0 Å². The van der Waals surface area contributed by atoms with Crippen LogP contribution in [0.3, 0.4) is 0 Å². The van der Waals surface area contributed by atoms with Crippen LogP contribution >= 0.6 is 0 Å². The number of benzene rings is 1. The zero-order valence-corrected chi connectivity index (χ0v) is 12.8. The minimum atomic E-state index is -3.67.